The SMILES string of the molecule is O=C1C=C(n2c3ccccc3c3ccccc32)c2ccccc2C1=O. The van der Waals surface area contributed by atoms with Crippen LogP contribution in [0.1, 0.15) is 15.9 Å². The lowest BCUT2D eigenvalue weighted by Gasteiger charge is -2.19. The quantitative estimate of drug-likeness (QED) is 0.486. The van der Waals surface area contributed by atoms with E-state index in [1.807, 2.05) is 48.5 Å². The molecule has 0 saturated carbocycles. The molecular formula is C22H13NO2. The summed E-state index contributed by atoms with van der Waals surface area (Å²) in [7, 11) is 0. The monoisotopic (exact) mass is 323 g/mol. The minimum atomic E-state index is -0.476. The van der Waals surface area contributed by atoms with Gasteiger partial charge in [-0.3, -0.25) is 9.59 Å². The number of carbonyl (C=O) groups excluding carboxylic acids is 2. The molecular weight excluding hydrogens is 310 g/mol. The molecule has 0 unspecified atom stereocenters. The molecule has 5 rings (SSSR count). The van der Waals surface area contributed by atoms with Crippen molar-refractivity contribution < 1.29 is 9.59 Å². The Kier molecular flexibility index (Phi) is 2.80. The van der Waals surface area contributed by atoms with E-state index >= 15 is 0 Å². The fourth-order valence-electron chi connectivity index (χ4n) is 3.67. The van der Waals surface area contributed by atoms with E-state index in [1.165, 1.54) is 6.08 Å². The Morgan fingerprint density at radius 2 is 1.12 bits per heavy atom. The van der Waals surface area contributed by atoms with Crippen LogP contribution in [0, 0.1) is 0 Å². The topological polar surface area (TPSA) is 39.1 Å². The van der Waals surface area contributed by atoms with Crippen LogP contribution in [0.4, 0.5) is 0 Å². The molecule has 118 valence electrons. The Hall–Kier alpha value is -3.46. The van der Waals surface area contributed by atoms with Crippen LogP contribution in [0.15, 0.2) is 78.9 Å². The number of carbonyl (C=O) groups is 2. The third-order valence-corrected chi connectivity index (χ3v) is 4.76. The molecule has 1 aliphatic rings. The number of fused-ring (bicyclic) bond motifs is 4. The minimum Gasteiger partial charge on any atom is -0.308 e. The van der Waals surface area contributed by atoms with Gasteiger partial charge in [-0.25, -0.2) is 0 Å². The molecule has 4 aromatic rings. The highest BCUT2D eigenvalue weighted by atomic mass is 16.2. The fraction of sp³-hybridized carbons (Fsp3) is 0. The molecule has 0 spiro atoms. The molecule has 0 saturated heterocycles. The molecule has 0 aliphatic heterocycles. The van der Waals surface area contributed by atoms with Gasteiger partial charge in [0.15, 0.2) is 0 Å². The van der Waals surface area contributed by atoms with E-state index in [2.05, 4.69) is 16.7 Å². The van der Waals surface area contributed by atoms with Gasteiger partial charge < -0.3 is 4.57 Å². The lowest BCUT2D eigenvalue weighted by molar-refractivity contribution is -0.111. The first-order valence-electron chi connectivity index (χ1n) is 8.14. The first-order valence-corrected chi connectivity index (χ1v) is 8.14. The third-order valence-electron chi connectivity index (χ3n) is 4.76. The predicted molar refractivity (Wildman–Crippen MR) is 98.6 cm³/mol. The maximum absolute atomic E-state index is 12.3. The van der Waals surface area contributed by atoms with Crippen LogP contribution in [0.25, 0.3) is 27.5 Å². The van der Waals surface area contributed by atoms with Gasteiger partial charge in [0.25, 0.3) is 0 Å². The summed E-state index contributed by atoms with van der Waals surface area (Å²) < 4.78 is 2.08. The van der Waals surface area contributed by atoms with Crippen LogP contribution in [0.5, 0.6) is 0 Å². The van der Waals surface area contributed by atoms with Gasteiger partial charge in [-0.05, 0) is 12.1 Å². The lowest BCUT2D eigenvalue weighted by atomic mass is 9.92. The normalized spacial score (nSPS) is 14.0. The van der Waals surface area contributed by atoms with Crippen LogP contribution in [0.3, 0.4) is 0 Å². The molecule has 0 bridgehead atoms. The minimum absolute atomic E-state index is 0.444. The van der Waals surface area contributed by atoms with Crippen molar-refractivity contribution >= 4 is 39.1 Å². The maximum atomic E-state index is 12.3. The van der Waals surface area contributed by atoms with Crippen molar-refractivity contribution in [2.24, 2.45) is 0 Å². The number of ketones is 2. The standard InChI is InChI=1S/C22H13NO2/c24-21-13-20(16-9-1-2-10-17(16)22(21)25)23-18-11-5-3-7-14(18)15-8-4-6-12-19(15)23/h1-13H. The van der Waals surface area contributed by atoms with Crippen molar-refractivity contribution in [3.05, 3.63) is 90.0 Å². The molecule has 0 fully saturated rings. The molecule has 0 atom stereocenters. The number of hydrogen-bond donors (Lipinski definition) is 0. The van der Waals surface area contributed by atoms with Crippen LogP contribution >= 0.6 is 0 Å². The summed E-state index contributed by atoms with van der Waals surface area (Å²) in [6.45, 7) is 0. The second-order valence-corrected chi connectivity index (χ2v) is 6.14. The average Bonchev–Trinajstić information content (AvgIpc) is 2.99. The number of benzene rings is 3. The first kappa shape index (κ1) is 13.9. The fourth-order valence-corrected chi connectivity index (χ4v) is 3.67. The van der Waals surface area contributed by atoms with E-state index in [-0.39, 0.29) is 0 Å². The largest absolute Gasteiger partial charge is 0.308 e. The summed E-state index contributed by atoms with van der Waals surface area (Å²) in [5.74, 6) is -0.921. The second-order valence-electron chi connectivity index (χ2n) is 6.14. The van der Waals surface area contributed by atoms with E-state index in [0.29, 0.717) is 5.56 Å². The zero-order valence-corrected chi connectivity index (χ0v) is 13.3. The van der Waals surface area contributed by atoms with Crippen molar-refractivity contribution in [3.63, 3.8) is 0 Å². The molecule has 1 aliphatic carbocycles. The zero-order chi connectivity index (χ0) is 17.0. The van der Waals surface area contributed by atoms with E-state index in [4.69, 9.17) is 0 Å². The number of aromatic nitrogens is 1. The molecule has 0 amide bonds. The zero-order valence-electron chi connectivity index (χ0n) is 13.3. The lowest BCUT2D eigenvalue weighted by Crippen LogP contribution is -2.20. The third kappa shape index (κ3) is 1.86. The molecule has 1 heterocycles. The summed E-state index contributed by atoms with van der Waals surface area (Å²) in [5, 5.41) is 2.25. The number of para-hydroxylation sites is 2. The van der Waals surface area contributed by atoms with Gasteiger partial charge in [0, 0.05) is 28.0 Å². The van der Waals surface area contributed by atoms with Crippen molar-refractivity contribution in [1.82, 2.24) is 4.57 Å². The highest BCUT2D eigenvalue weighted by molar-refractivity contribution is 6.50. The summed E-state index contributed by atoms with van der Waals surface area (Å²) in [4.78, 5) is 24.6. The van der Waals surface area contributed by atoms with Crippen LogP contribution in [-0.2, 0) is 4.79 Å². The number of allylic oxidation sites excluding steroid dienone is 1. The summed E-state index contributed by atoms with van der Waals surface area (Å²) in [6.07, 6.45) is 1.46. The van der Waals surface area contributed by atoms with Gasteiger partial charge in [-0.15, -0.1) is 0 Å². The number of nitrogens with zero attached hydrogens (tertiary/aromatic N) is 1. The molecule has 3 nitrogen and oxygen atoms in total. The van der Waals surface area contributed by atoms with Crippen LogP contribution < -0.4 is 0 Å². The summed E-state index contributed by atoms with van der Waals surface area (Å²) in [6, 6.07) is 23.5. The smallest absolute Gasteiger partial charge is 0.233 e. The molecule has 1 aromatic heterocycles. The van der Waals surface area contributed by atoms with Crippen molar-refractivity contribution in [1.29, 1.82) is 0 Å². The highest BCUT2D eigenvalue weighted by Crippen LogP contribution is 2.36. The van der Waals surface area contributed by atoms with Gasteiger partial charge in [0.2, 0.25) is 11.6 Å². The van der Waals surface area contributed by atoms with E-state index < -0.39 is 11.6 Å². The van der Waals surface area contributed by atoms with Gasteiger partial charge in [0.1, 0.15) is 0 Å². The van der Waals surface area contributed by atoms with Crippen molar-refractivity contribution in [2.75, 3.05) is 0 Å². The van der Waals surface area contributed by atoms with Gasteiger partial charge >= 0.3 is 0 Å². The Morgan fingerprint density at radius 1 is 0.600 bits per heavy atom. The average molecular weight is 323 g/mol. The number of hydrogen-bond acceptors (Lipinski definition) is 2. The first-order chi connectivity index (χ1) is 12.3. The Morgan fingerprint density at radius 3 is 1.76 bits per heavy atom. The Labute approximate surface area is 143 Å². The van der Waals surface area contributed by atoms with E-state index in [9.17, 15) is 9.59 Å². The van der Waals surface area contributed by atoms with Crippen molar-refractivity contribution in [2.45, 2.75) is 0 Å². The molecule has 3 aromatic carbocycles. The highest BCUT2D eigenvalue weighted by Gasteiger charge is 2.27. The van der Waals surface area contributed by atoms with Crippen LogP contribution in [0.2, 0.25) is 0 Å². The molecule has 0 N–H and O–H groups in total. The molecule has 0 radical (unpaired) electrons. The van der Waals surface area contributed by atoms with E-state index in [1.54, 1.807) is 12.1 Å². The van der Waals surface area contributed by atoms with Crippen molar-refractivity contribution in [3.8, 4) is 0 Å². The van der Waals surface area contributed by atoms with E-state index in [0.717, 1.165) is 33.1 Å². The molecule has 25 heavy (non-hydrogen) atoms. The Bertz CT molecular complexity index is 1170. The van der Waals surface area contributed by atoms with Crippen LogP contribution in [-0.4, -0.2) is 16.1 Å². The van der Waals surface area contributed by atoms with Gasteiger partial charge in [-0.1, -0.05) is 60.7 Å². The number of rotatable bonds is 1. The number of Topliss-reactive ketones (excluding diaryl/α,β-unsaturated/α-hetero) is 1. The predicted octanol–water partition coefficient (Wildman–Crippen LogP) is 4.45. The Balaban J connectivity index is 1.95. The maximum Gasteiger partial charge on any atom is 0.233 e. The second kappa shape index (κ2) is 5.02. The molecule has 3 heteroatoms. The van der Waals surface area contributed by atoms with Gasteiger partial charge in [0.05, 0.1) is 16.7 Å². The summed E-state index contributed by atoms with van der Waals surface area (Å²) in [5.41, 5.74) is 4.04. The summed E-state index contributed by atoms with van der Waals surface area (Å²) >= 11 is 0. The van der Waals surface area contributed by atoms with Gasteiger partial charge in [-0.2, -0.15) is 0 Å².